The predicted molar refractivity (Wildman–Crippen MR) is 85.1 cm³/mol. The van der Waals surface area contributed by atoms with E-state index in [4.69, 9.17) is 9.47 Å². The lowest BCUT2D eigenvalue weighted by Crippen LogP contribution is -2.12. The number of carbonyl (C=O) groups is 1. The molecular weight excluding hydrogens is 282 g/mol. The van der Waals surface area contributed by atoms with Crippen molar-refractivity contribution in [1.82, 2.24) is 4.98 Å². The van der Waals surface area contributed by atoms with Gasteiger partial charge in [-0.2, -0.15) is 0 Å². The Morgan fingerprint density at radius 1 is 1.18 bits per heavy atom. The maximum Gasteiger partial charge on any atom is 0.309 e. The van der Waals surface area contributed by atoms with Gasteiger partial charge < -0.3 is 14.5 Å². The Bertz CT molecular complexity index is 690. The van der Waals surface area contributed by atoms with Gasteiger partial charge in [0.15, 0.2) is 0 Å². The minimum atomic E-state index is -0.269. The molecule has 1 aromatic heterocycles. The standard InChI is InChI=1S/C17H21NO4/c1-12(2)8-10-22-16(20)9-11-21-14-5-3-4-13-6-7-15(19)18-17(13)14/h3-7,12H,8-11H2,1-2H3,(H,18,19). The summed E-state index contributed by atoms with van der Waals surface area (Å²) < 4.78 is 10.7. The van der Waals surface area contributed by atoms with Gasteiger partial charge in [-0.3, -0.25) is 9.59 Å². The van der Waals surface area contributed by atoms with Crippen molar-refractivity contribution in [1.29, 1.82) is 0 Å². The van der Waals surface area contributed by atoms with Crippen LogP contribution in [0.1, 0.15) is 26.7 Å². The Morgan fingerprint density at radius 3 is 2.77 bits per heavy atom. The van der Waals surface area contributed by atoms with Gasteiger partial charge in [0.25, 0.3) is 0 Å². The number of aromatic nitrogens is 1. The molecule has 2 rings (SSSR count). The van der Waals surface area contributed by atoms with E-state index >= 15 is 0 Å². The van der Waals surface area contributed by atoms with Gasteiger partial charge in [0.1, 0.15) is 5.75 Å². The molecule has 5 heteroatoms. The van der Waals surface area contributed by atoms with Crippen LogP contribution in [0.3, 0.4) is 0 Å². The van der Waals surface area contributed by atoms with Crippen molar-refractivity contribution in [2.45, 2.75) is 26.7 Å². The van der Waals surface area contributed by atoms with Gasteiger partial charge in [-0.25, -0.2) is 0 Å². The zero-order valence-corrected chi connectivity index (χ0v) is 12.9. The van der Waals surface area contributed by atoms with Gasteiger partial charge in [0.2, 0.25) is 5.56 Å². The highest BCUT2D eigenvalue weighted by Gasteiger charge is 2.07. The Morgan fingerprint density at radius 2 is 2.00 bits per heavy atom. The molecule has 0 unspecified atom stereocenters. The number of pyridine rings is 1. The van der Waals surface area contributed by atoms with Gasteiger partial charge in [-0.1, -0.05) is 26.0 Å². The van der Waals surface area contributed by atoms with Crippen molar-refractivity contribution in [3.63, 3.8) is 0 Å². The third-order valence-corrected chi connectivity index (χ3v) is 3.24. The molecule has 1 aromatic carbocycles. The van der Waals surface area contributed by atoms with E-state index in [1.807, 2.05) is 12.1 Å². The van der Waals surface area contributed by atoms with E-state index in [1.165, 1.54) is 6.07 Å². The normalized spacial score (nSPS) is 10.9. The van der Waals surface area contributed by atoms with E-state index in [9.17, 15) is 9.59 Å². The highest BCUT2D eigenvalue weighted by Crippen LogP contribution is 2.22. The lowest BCUT2D eigenvalue weighted by atomic mass is 10.1. The topological polar surface area (TPSA) is 68.4 Å². The second kappa shape index (κ2) is 7.64. The Kier molecular flexibility index (Phi) is 5.58. The minimum absolute atomic E-state index is 0.184. The first-order valence-corrected chi connectivity index (χ1v) is 7.47. The van der Waals surface area contributed by atoms with Crippen LogP contribution in [0.25, 0.3) is 10.9 Å². The first-order chi connectivity index (χ1) is 10.6. The molecule has 0 aliphatic carbocycles. The van der Waals surface area contributed by atoms with Gasteiger partial charge in [-0.15, -0.1) is 0 Å². The largest absolute Gasteiger partial charge is 0.491 e. The second-order valence-corrected chi connectivity index (χ2v) is 5.54. The van der Waals surface area contributed by atoms with Crippen molar-refractivity contribution in [3.8, 4) is 5.75 Å². The number of hydrogen-bond donors (Lipinski definition) is 1. The third kappa shape index (κ3) is 4.62. The van der Waals surface area contributed by atoms with E-state index in [-0.39, 0.29) is 24.6 Å². The van der Waals surface area contributed by atoms with Gasteiger partial charge in [-0.05, 0) is 24.5 Å². The zero-order valence-electron chi connectivity index (χ0n) is 12.9. The molecule has 1 N–H and O–H groups in total. The fraction of sp³-hybridized carbons (Fsp3) is 0.412. The molecule has 0 radical (unpaired) electrons. The Labute approximate surface area is 129 Å². The highest BCUT2D eigenvalue weighted by atomic mass is 16.5. The van der Waals surface area contributed by atoms with E-state index in [2.05, 4.69) is 18.8 Å². The number of H-pyrrole nitrogens is 1. The van der Waals surface area contributed by atoms with E-state index in [0.717, 1.165) is 11.8 Å². The van der Waals surface area contributed by atoms with Crippen LogP contribution in [0.2, 0.25) is 0 Å². The van der Waals surface area contributed by atoms with Crippen molar-refractivity contribution in [3.05, 3.63) is 40.7 Å². The molecule has 0 atom stereocenters. The molecule has 1 heterocycles. The van der Waals surface area contributed by atoms with Gasteiger partial charge in [0, 0.05) is 11.5 Å². The maximum absolute atomic E-state index is 11.6. The number of rotatable bonds is 7. The zero-order chi connectivity index (χ0) is 15.9. The summed E-state index contributed by atoms with van der Waals surface area (Å²) in [6.45, 7) is 4.82. The predicted octanol–water partition coefficient (Wildman–Crippen LogP) is 2.89. The molecule has 0 fully saturated rings. The van der Waals surface area contributed by atoms with E-state index in [1.54, 1.807) is 12.1 Å². The molecule has 0 aliphatic rings. The molecule has 0 saturated heterocycles. The molecule has 0 bridgehead atoms. The quantitative estimate of drug-likeness (QED) is 0.799. The molecule has 0 aliphatic heterocycles. The number of benzene rings is 1. The molecule has 0 spiro atoms. The van der Waals surface area contributed by atoms with Crippen LogP contribution in [0.4, 0.5) is 0 Å². The molecular formula is C17H21NO4. The molecule has 5 nitrogen and oxygen atoms in total. The van der Waals surface area contributed by atoms with Crippen LogP contribution in [-0.4, -0.2) is 24.2 Å². The first-order valence-electron chi connectivity index (χ1n) is 7.47. The van der Waals surface area contributed by atoms with Crippen LogP contribution in [-0.2, 0) is 9.53 Å². The smallest absolute Gasteiger partial charge is 0.309 e. The van der Waals surface area contributed by atoms with Crippen LogP contribution in [0.5, 0.6) is 5.75 Å². The van der Waals surface area contributed by atoms with Crippen molar-refractivity contribution in [2.75, 3.05) is 13.2 Å². The van der Waals surface area contributed by atoms with Crippen LogP contribution >= 0.6 is 0 Å². The summed E-state index contributed by atoms with van der Waals surface area (Å²) in [5.74, 6) is 0.802. The van der Waals surface area contributed by atoms with Crippen LogP contribution < -0.4 is 10.3 Å². The summed E-state index contributed by atoms with van der Waals surface area (Å²) in [5, 5.41) is 0.886. The van der Waals surface area contributed by atoms with Gasteiger partial charge in [0.05, 0.1) is 25.2 Å². The monoisotopic (exact) mass is 303 g/mol. The fourth-order valence-electron chi connectivity index (χ4n) is 2.00. The van der Waals surface area contributed by atoms with Gasteiger partial charge >= 0.3 is 5.97 Å². The Balaban J connectivity index is 1.88. The number of carbonyl (C=O) groups excluding carboxylic acids is 1. The summed E-state index contributed by atoms with van der Waals surface area (Å²) in [7, 11) is 0. The number of nitrogens with one attached hydrogen (secondary N) is 1. The number of para-hydroxylation sites is 1. The third-order valence-electron chi connectivity index (χ3n) is 3.24. The van der Waals surface area contributed by atoms with Crippen molar-refractivity contribution >= 4 is 16.9 Å². The van der Waals surface area contributed by atoms with Crippen LogP contribution in [0.15, 0.2) is 35.1 Å². The average Bonchev–Trinajstić information content (AvgIpc) is 2.47. The summed E-state index contributed by atoms with van der Waals surface area (Å²) in [6, 6.07) is 8.71. The fourth-order valence-corrected chi connectivity index (χ4v) is 2.00. The number of esters is 1. The lowest BCUT2D eigenvalue weighted by Gasteiger charge is -2.09. The number of ether oxygens (including phenoxy) is 2. The van der Waals surface area contributed by atoms with Crippen molar-refractivity contribution < 1.29 is 14.3 Å². The number of hydrogen-bond acceptors (Lipinski definition) is 4. The molecule has 22 heavy (non-hydrogen) atoms. The summed E-state index contributed by atoms with van der Waals surface area (Å²) in [6.07, 6.45) is 1.04. The minimum Gasteiger partial charge on any atom is -0.491 e. The molecule has 2 aromatic rings. The molecule has 0 amide bonds. The molecule has 0 saturated carbocycles. The Hall–Kier alpha value is -2.30. The number of fused-ring (bicyclic) bond motifs is 1. The number of aromatic amines is 1. The van der Waals surface area contributed by atoms with E-state index < -0.39 is 0 Å². The van der Waals surface area contributed by atoms with Crippen molar-refractivity contribution in [2.24, 2.45) is 5.92 Å². The summed E-state index contributed by atoms with van der Waals surface area (Å²) in [4.78, 5) is 25.7. The SMILES string of the molecule is CC(C)CCOC(=O)CCOc1cccc2ccc(=O)[nH]c12. The second-order valence-electron chi connectivity index (χ2n) is 5.54. The van der Waals surface area contributed by atoms with Crippen LogP contribution in [0, 0.1) is 5.92 Å². The lowest BCUT2D eigenvalue weighted by molar-refractivity contribution is -0.144. The molecule has 118 valence electrons. The first kappa shape index (κ1) is 16.1. The maximum atomic E-state index is 11.6. The van der Waals surface area contributed by atoms with E-state index in [0.29, 0.717) is 23.8 Å². The summed E-state index contributed by atoms with van der Waals surface area (Å²) >= 11 is 0. The summed E-state index contributed by atoms with van der Waals surface area (Å²) in [5.41, 5.74) is 0.458. The highest BCUT2D eigenvalue weighted by molar-refractivity contribution is 5.84. The average molecular weight is 303 g/mol.